The van der Waals surface area contributed by atoms with E-state index < -0.39 is 422 Å². The number of aldehydes is 1. The van der Waals surface area contributed by atoms with Gasteiger partial charge in [0.05, 0.1) is 107 Å². The van der Waals surface area contributed by atoms with Crippen LogP contribution in [0, 0.1) is 62.1 Å². The summed E-state index contributed by atoms with van der Waals surface area (Å²) in [7, 11) is 0. The Labute approximate surface area is 859 Å². The number of aliphatic hydroxyl groups excluding tert-OH is 24. The Balaban J connectivity index is 0.748. The minimum atomic E-state index is -2.39. The van der Waals surface area contributed by atoms with Crippen molar-refractivity contribution in [1.29, 1.82) is 0 Å². The normalized spacial score (nSPS) is 49.1. The zero-order chi connectivity index (χ0) is 109. The van der Waals surface area contributed by atoms with Gasteiger partial charge in [0.25, 0.3) is 0 Å². The fourth-order valence-electron chi connectivity index (χ4n) is 25.6. The van der Waals surface area contributed by atoms with E-state index in [0.29, 0.717) is 32.1 Å². The van der Waals surface area contributed by atoms with Crippen LogP contribution in [0.15, 0.2) is 11.6 Å². The van der Waals surface area contributed by atoms with Gasteiger partial charge in [0.2, 0.25) is 6.29 Å². The Morgan fingerprint density at radius 3 is 1.56 bits per heavy atom. The third-order valence-electron chi connectivity index (χ3n) is 35.4. The van der Waals surface area contributed by atoms with Crippen molar-refractivity contribution < 1.29 is 251 Å². The highest BCUT2D eigenvalue weighted by molar-refractivity contribution is 5.80. The summed E-state index contributed by atoms with van der Waals surface area (Å²) in [6.07, 6.45) is -80.1. The van der Waals surface area contributed by atoms with E-state index >= 15 is 4.79 Å². The molecule has 56 unspecified atom stereocenters. The predicted molar refractivity (Wildman–Crippen MR) is 491 cm³/mol. The van der Waals surface area contributed by atoms with Crippen LogP contribution < -0.4 is 0 Å². The van der Waals surface area contributed by atoms with Crippen molar-refractivity contribution in [1.82, 2.24) is 0 Å². The van der Waals surface area contributed by atoms with Crippen molar-refractivity contribution in [3.63, 3.8) is 0 Å². The van der Waals surface area contributed by atoms with Crippen LogP contribution in [0.2, 0.25) is 0 Å². The number of aliphatic carboxylic acids is 1. The number of rotatable bonds is 38. The van der Waals surface area contributed by atoms with Crippen LogP contribution in [0.4, 0.5) is 0 Å². The van der Waals surface area contributed by atoms with Crippen molar-refractivity contribution in [2.75, 3.05) is 46.2 Å². The highest BCUT2D eigenvalue weighted by Gasteiger charge is 2.74. The first-order chi connectivity index (χ1) is 70.0. The minimum Gasteiger partial charge on any atom is -0.479 e. The number of carboxylic acids is 1. The third-order valence-corrected chi connectivity index (χ3v) is 35.4. The molecule has 9 saturated heterocycles. The number of fused-ring (bicyclic) bond motifs is 7. The quantitative estimate of drug-likeness (QED) is 0.00897. The minimum absolute atomic E-state index is 0.00635. The lowest BCUT2D eigenvalue weighted by Gasteiger charge is -2.71. The second kappa shape index (κ2) is 48.0. The molecular formula is C98H158O51. The lowest BCUT2D eigenvalue weighted by Crippen LogP contribution is -2.69. The van der Waals surface area contributed by atoms with E-state index in [2.05, 4.69) is 19.9 Å². The van der Waals surface area contributed by atoms with Gasteiger partial charge < -0.3 is 232 Å². The molecule has 5 aliphatic carbocycles. The molecule has 0 aromatic carbocycles. The third kappa shape index (κ3) is 23.4. The van der Waals surface area contributed by atoms with E-state index in [1.807, 2.05) is 27.7 Å². The largest absolute Gasteiger partial charge is 0.479 e. The number of hydrogen-bond donors (Lipinski definition) is 26. The first kappa shape index (κ1) is 120. The van der Waals surface area contributed by atoms with Crippen LogP contribution in [0.1, 0.15) is 179 Å². The van der Waals surface area contributed by atoms with Crippen LogP contribution in [-0.4, -0.2) is 491 Å². The van der Waals surface area contributed by atoms with E-state index in [1.165, 1.54) is 13.8 Å². The number of carbonyl (C=O) groups excluding carboxylic acids is 4. The van der Waals surface area contributed by atoms with Crippen LogP contribution in [0.3, 0.4) is 0 Å². The Kier molecular flexibility index (Phi) is 38.7. The van der Waals surface area contributed by atoms with Crippen molar-refractivity contribution in [3.8, 4) is 0 Å². The van der Waals surface area contributed by atoms with Gasteiger partial charge in [-0.2, -0.15) is 0 Å². The molecule has 0 aromatic rings. The van der Waals surface area contributed by atoms with Crippen LogP contribution >= 0.6 is 0 Å². The van der Waals surface area contributed by atoms with Gasteiger partial charge in [-0.25, -0.2) is 4.79 Å². The van der Waals surface area contributed by atoms with Gasteiger partial charge in [-0.1, -0.05) is 93.7 Å². The van der Waals surface area contributed by atoms with Crippen molar-refractivity contribution in [2.45, 2.75) is 461 Å². The fourth-order valence-corrected chi connectivity index (χ4v) is 25.6. The molecule has 14 rings (SSSR count). The van der Waals surface area contributed by atoms with E-state index in [4.69, 9.17) is 94.7 Å². The van der Waals surface area contributed by atoms with E-state index in [9.17, 15) is 152 Å². The summed E-state index contributed by atoms with van der Waals surface area (Å²) in [5, 5.41) is 291. The number of carboxylic acid groups (broad SMARTS) is 1. The molecule has 149 heavy (non-hydrogen) atoms. The van der Waals surface area contributed by atoms with Crippen LogP contribution in [-0.2, 0) is 119 Å². The second-order valence-electron chi connectivity index (χ2n) is 45.4. The molecule has 26 N–H and O–H groups in total. The Morgan fingerprint density at radius 1 is 0.470 bits per heavy atom. The number of ether oxygens (including phenoxy) is 20. The van der Waals surface area contributed by atoms with E-state index in [1.54, 1.807) is 27.7 Å². The number of aliphatic hydroxyl groups is 25. The molecule has 51 nitrogen and oxygen atoms in total. The van der Waals surface area contributed by atoms with E-state index in [-0.39, 0.29) is 56.8 Å². The average molecular weight is 2150 g/mol. The number of hydrogen-bond acceptors (Lipinski definition) is 50. The first-order valence-corrected chi connectivity index (χ1v) is 51.8. The summed E-state index contributed by atoms with van der Waals surface area (Å²) < 4.78 is 122. The standard InChI is InChI=1S/C98H158O51/c1-13-37(3)47(135-56(109)25-42(105)24-48(38(4)14-2)136-84-65(118)61(114)51(31-101)137-84)23-41(104)26-57(110)141-72-39(5)134-88(78(68(72)121)147-87-71(124)76(145-85-66(119)62(115)59(112)49(29-99)138-85)73(40(6)133-87)142-83-70(123)74(46(107)33-131-83)143-90-80(125)97(129,35-103)36-132-90)149-91(128)98-22-21-92(7,8)27-44(98)43-15-16-53-93(9)19-18-55(94(10,34-102)52(93)17-20-95(53,11)96(43,12)28-54(98)108)140-89-79(148-86-67(120)63(116)60(113)50(30-100)139-86)75(69(122)77(146-89)81(126)127)144-82-64(117)58(111)45(106)32-130-82/h15,34,37-42,44-55,58-80,82-90,99-101,103-108,111-125,129H,13-14,16-33,35-36H2,1-12H3,(H,126,127). The summed E-state index contributed by atoms with van der Waals surface area (Å²) in [4.78, 5) is 72.8. The lowest BCUT2D eigenvalue weighted by molar-refractivity contribution is -0.396. The molecule has 4 saturated carbocycles. The number of esters is 3. The maximum Gasteiger partial charge on any atom is 0.335 e. The SMILES string of the molecule is CCC(C)C(CC(O)CC(=O)OC1C(C)OC(OC(=O)C23CCC(C)(C)CC2C2=CCC4C5(C)CCC(OC6OC(C(=O)O)C(O)C(OC7OCC(O)C(O)C7O)C6OC6OC(CO)C(O)C(O)C6O)C(C)(C=O)C5CCC4(C)C2(C)CC3O)C(OC2OC(C)C(OC3OCC(O)C(OC4OCC(O)(CO)C4O)C3O)C(OC3OC(CO)C(O)C(O)C3O)C2O)C1O)OC(=O)CC(O)CC(OC1OC(CO)C(O)C1O)C(C)CC. The fraction of sp³-hybridized carbons (Fsp3) is 0.929. The highest BCUT2D eigenvalue weighted by Crippen LogP contribution is 2.76. The van der Waals surface area contributed by atoms with Gasteiger partial charge in [-0.05, 0) is 123 Å². The zero-order valence-corrected chi connectivity index (χ0v) is 85.4. The van der Waals surface area contributed by atoms with Gasteiger partial charge in [0, 0.05) is 12.8 Å². The maximum absolute atomic E-state index is 16.6. The topological polar surface area (TPSA) is 796 Å². The van der Waals surface area contributed by atoms with Crippen molar-refractivity contribution in [3.05, 3.63) is 11.6 Å². The number of allylic oxidation sites excluding steroid dienone is 2. The van der Waals surface area contributed by atoms with Crippen molar-refractivity contribution >= 4 is 30.2 Å². The summed E-state index contributed by atoms with van der Waals surface area (Å²) in [6, 6.07) is 0. The van der Waals surface area contributed by atoms with Gasteiger partial charge in [-0.3, -0.25) is 14.4 Å². The molecule has 56 atom stereocenters. The highest BCUT2D eigenvalue weighted by atomic mass is 16.8. The van der Waals surface area contributed by atoms with Crippen LogP contribution in [0.5, 0.6) is 0 Å². The Hall–Kier alpha value is -4.39. The smallest absolute Gasteiger partial charge is 0.335 e. The Bertz CT molecular complexity index is 4450. The summed E-state index contributed by atoms with van der Waals surface area (Å²) >= 11 is 0. The molecular weight excluding hydrogens is 1990 g/mol. The molecule has 9 heterocycles. The lowest BCUT2D eigenvalue weighted by atomic mass is 9.33. The maximum atomic E-state index is 16.6. The molecule has 0 amide bonds. The molecule has 13 fully saturated rings. The first-order valence-electron chi connectivity index (χ1n) is 51.8. The molecule has 0 bridgehead atoms. The zero-order valence-electron chi connectivity index (χ0n) is 85.4. The number of carbonyl (C=O) groups is 5. The molecule has 0 radical (unpaired) electrons. The Morgan fingerprint density at radius 2 is 0.973 bits per heavy atom. The molecule has 14 aliphatic rings. The van der Waals surface area contributed by atoms with Gasteiger partial charge in [0.15, 0.2) is 68.6 Å². The van der Waals surface area contributed by atoms with Gasteiger partial charge >= 0.3 is 23.9 Å². The van der Waals surface area contributed by atoms with Crippen molar-refractivity contribution in [2.24, 2.45) is 62.1 Å². The second-order valence-corrected chi connectivity index (χ2v) is 45.4. The summed E-state index contributed by atoms with van der Waals surface area (Å²) in [5.41, 5.74) is -8.18. The molecule has 856 valence electrons. The monoisotopic (exact) mass is 2150 g/mol. The van der Waals surface area contributed by atoms with Gasteiger partial charge in [0.1, 0.15) is 176 Å². The van der Waals surface area contributed by atoms with E-state index in [0.717, 1.165) is 11.9 Å². The molecule has 51 heteroatoms. The van der Waals surface area contributed by atoms with Gasteiger partial charge in [-0.15, -0.1) is 0 Å². The van der Waals surface area contributed by atoms with Crippen LogP contribution in [0.25, 0.3) is 0 Å². The summed E-state index contributed by atoms with van der Waals surface area (Å²) in [5.74, 6) is -7.67. The average Bonchev–Trinajstić information content (AvgIpc) is 1.16. The predicted octanol–water partition coefficient (Wildman–Crippen LogP) is -7.86. The molecule has 0 spiro atoms. The molecule has 0 aromatic heterocycles. The molecule has 9 aliphatic heterocycles. The summed E-state index contributed by atoms with van der Waals surface area (Å²) in [6.45, 7) is 16.0.